The number of hydrogen-bond acceptors (Lipinski definition) is 3. The molecule has 0 bridgehead atoms. The molecule has 0 saturated carbocycles. The van der Waals surface area contributed by atoms with Gasteiger partial charge >= 0.3 is 0 Å². The molecule has 5 nitrogen and oxygen atoms in total. The van der Waals surface area contributed by atoms with E-state index in [-0.39, 0.29) is 17.6 Å². The molecule has 0 saturated heterocycles. The van der Waals surface area contributed by atoms with E-state index in [0.29, 0.717) is 17.9 Å². The first-order valence-corrected chi connectivity index (χ1v) is 6.23. The topological polar surface area (TPSA) is 72.2 Å². The Balaban J connectivity index is 2.69. The molecule has 0 aliphatic carbocycles. The van der Waals surface area contributed by atoms with E-state index in [2.05, 4.69) is 5.32 Å². The third-order valence-corrected chi connectivity index (χ3v) is 2.84. The second kappa shape index (κ2) is 6.96. The van der Waals surface area contributed by atoms with Gasteiger partial charge in [-0.25, -0.2) is 0 Å². The predicted octanol–water partition coefficient (Wildman–Crippen LogP) is 2.73. The van der Waals surface area contributed by atoms with Crippen LogP contribution >= 0.6 is 11.6 Å². The van der Waals surface area contributed by atoms with Gasteiger partial charge in [0.25, 0.3) is 11.6 Å². The molecule has 0 radical (unpaired) electrons. The van der Waals surface area contributed by atoms with Crippen molar-refractivity contribution >= 4 is 23.2 Å². The number of non-ortho nitro benzene ring substituents is 1. The molecule has 0 aliphatic heterocycles. The summed E-state index contributed by atoms with van der Waals surface area (Å²) in [5, 5.41) is 13.3. The third kappa shape index (κ3) is 4.00. The van der Waals surface area contributed by atoms with Crippen molar-refractivity contribution in [1.82, 2.24) is 5.32 Å². The lowest BCUT2D eigenvalue weighted by molar-refractivity contribution is -0.384. The normalized spacial score (nSPS) is 11.9. The van der Waals surface area contributed by atoms with Crippen LogP contribution < -0.4 is 5.32 Å². The Hall–Kier alpha value is -1.62. The van der Waals surface area contributed by atoms with Crippen LogP contribution in [-0.2, 0) is 0 Å². The number of amides is 1. The molecule has 1 rings (SSSR count). The van der Waals surface area contributed by atoms with Crippen LogP contribution in [0.5, 0.6) is 0 Å². The van der Waals surface area contributed by atoms with Gasteiger partial charge < -0.3 is 5.32 Å². The highest BCUT2D eigenvalue weighted by molar-refractivity contribution is 6.17. The van der Waals surface area contributed by atoms with Gasteiger partial charge in [-0.1, -0.05) is 6.92 Å². The molecule has 0 heterocycles. The fourth-order valence-corrected chi connectivity index (χ4v) is 1.78. The summed E-state index contributed by atoms with van der Waals surface area (Å²) >= 11 is 5.63. The quantitative estimate of drug-likeness (QED) is 0.491. The first kappa shape index (κ1) is 14.4. The number of rotatable bonds is 6. The minimum Gasteiger partial charge on any atom is -0.349 e. The van der Waals surface area contributed by atoms with Crippen LogP contribution in [-0.4, -0.2) is 22.8 Å². The lowest BCUT2D eigenvalue weighted by atomic mass is 10.1. The number of hydrogen-bond donors (Lipinski definition) is 1. The molecule has 1 amide bonds. The Morgan fingerprint density at radius 2 is 2.06 bits per heavy atom. The molecule has 98 valence electrons. The smallest absolute Gasteiger partial charge is 0.269 e. The minimum atomic E-state index is -0.496. The zero-order chi connectivity index (χ0) is 13.5. The highest BCUT2D eigenvalue weighted by Gasteiger charge is 2.13. The van der Waals surface area contributed by atoms with Crippen molar-refractivity contribution in [3.63, 3.8) is 0 Å². The average Bonchev–Trinajstić information content (AvgIpc) is 2.38. The number of nitrogens with zero attached hydrogens (tertiary/aromatic N) is 1. The third-order valence-electron chi connectivity index (χ3n) is 2.63. The van der Waals surface area contributed by atoms with Gasteiger partial charge in [0.05, 0.1) is 4.92 Å². The van der Waals surface area contributed by atoms with Gasteiger partial charge in [0.1, 0.15) is 0 Å². The molecular formula is C12H15ClN2O3. The van der Waals surface area contributed by atoms with Crippen LogP contribution in [0, 0.1) is 10.1 Å². The number of nitro benzene ring substituents is 1. The van der Waals surface area contributed by atoms with Gasteiger partial charge in [-0.15, -0.1) is 11.6 Å². The molecule has 0 fully saturated rings. The van der Waals surface area contributed by atoms with Crippen molar-refractivity contribution in [2.24, 2.45) is 0 Å². The number of halogens is 1. The summed E-state index contributed by atoms with van der Waals surface area (Å²) in [4.78, 5) is 21.8. The fraction of sp³-hybridized carbons (Fsp3) is 0.417. The maximum absolute atomic E-state index is 11.8. The first-order chi connectivity index (χ1) is 8.58. The van der Waals surface area contributed by atoms with Crippen LogP contribution in [0.25, 0.3) is 0 Å². The highest BCUT2D eigenvalue weighted by atomic mass is 35.5. The van der Waals surface area contributed by atoms with E-state index in [4.69, 9.17) is 11.6 Å². The number of alkyl halides is 1. The number of carbonyl (C=O) groups excluding carboxylic acids is 1. The molecule has 0 aromatic heterocycles. The van der Waals surface area contributed by atoms with Gasteiger partial charge in [0.2, 0.25) is 0 Å². The molecule has 1 N–H and O–H groups in total. The maximum Gasteiger partial charge on any atom is 0.269 e. The van der Waals surface area contributed by atoms with Crippen molar-refractivity contribution < 1.29 is 9.72 Å². The highest BCUT2D eigenvalue weighted by Crippen LogP contribution is 2.12. The summed E-state index contributed by atoms with van der Waals surface area (Å²) in [6, 6.07) is 5.56. The standard InChI is InChI=1S/C12H15ClN2O3/c1-2-10(7-8-13)14-12(16)9-3-5-11(6-4-9)15(17)18/h3-6,10H,2,7-8H2,1H3,(H,14,16). The van der Waals surface area contributed by atoms with E-state index < -0.39 is 4.92 Å². The predicted molar refractivity (Wildman–Crippen MR) is 70.0 cm³/mol. The fourth-order valence-electron chi connectivity index (χ4n) is 1.51. The number of carbonyl (C=O) groups is 1. The Labute approximate surface area is 110 Å². The molecular weight excluding hydrogens is 256 g/mol. The van der Waals surface area contributed by atoms with Crippen LogP contribution in [0.15, 0.2) is 24.3 Å². The molecule has 1 atom stereocenters. The Kier molecular flexibility index (Phi) is 5.58. The number of nitro groups is 1. The first-order valence-electron chi connectivity index (χ1n) is 5.69. The SMILES string of the molecule is CCC(CCCl)NC(=O)c1ccc([N+](=O)[O-])cc1. The summed E-state index contributed by atoms with van der Waals surface area (Å²) in [6.07, 6.45) is 1.50. The second-order valence-electron chi connectivity index (χ2n) is 3.86. The zero-order valence-electron chi connectivity index (χ0n) is 10.1. The molecule has 6 heteroatoms. The van der Waals surface area contributed by atoms with Gasteiger partial charge in [-0.05, 0) is 25.0 Å². The number of benzene rings is 1. The van der Waals surface area contributed by atoms with E-state index >= 15 is 0 Å². The molecule has 1 unspecified atom stereocenters. The maximum atomic E-state index is 11.8. The van der Waals surface area contributed by atoms with E-state index in [0.717, 1.165) is 6.42 Å². The Bertz CT molecular complexity index is 420. The number of nitrogens with one attached hydrogen (secondary N) is 1. The summed E-state index contributed by atoms with van der Waals surface area (Å²) < 4.78 is 0. The van der Waals surface area contributed by atoms with E-state index in [1.807, 2.05) is 6.92 Å². The summed E-state index contributed by atoms with van der Waals surface area (Å²) in [5.74, 6) is 0.251. The Morgan fingerprint density at radius 3 is 2.50 bits per heavy atom. The van der Waals surface area contributed by atoms with Gasteiger partial charge in [0, 0.05) is 29.6 Å². The summed E-state index contributed by atoms with van der Waals surface area (Å²) in [5.41, 5.74) is 0.382. The van der Waals surface area contributed by atoms with Gasteiger partial charge in [-0.3, -0.25) is 14.9 Å². The zero-order valence-corrected chi connectivity index (χ0v) is 10.8. The minimum absolute atomic E-state index is 0.0284. The van der Waals surface area contributed by atoms with Crippen LogP contribution in [0.1, 0.15) is 30.1 Å². The van der Waals surface area contributed by atoms with Crippen molar-refractivity contribution in [3.05, 3.63) is 39.9 Å². The summed E-state index contributed by atoms with van der Waals surface area (Å²) in [7, 11) is 0. The molecule has 1 aromatic rings. The van der Waals surface area contributed by atoms with Crippen LogP contribution in [0.3, 0.4) is 0 Å². The van der Waals surface area contributed by atoms with Crippen LogP contribution in [0.2, 0.25) is 0 Å². The van der Waals surface area contributed by atoms with Crippen LogP contribution in [0.4, 0.5) is 5.69 Å². The van der Waals surface area contributed by atoms with Gasteiger partial charge in [-0.2, -0.15) is 0 Å². The lowest BCUT2D eigenvalue weighted by Gasteiger charge is -2.15. The monoisotopic (exact) mass is 270 g/mol. The van der Waals surface area contributed by atoms with Crippen molar-refractivity contribution in [2.45, 2.75) is 25.8 Å². The van der Waals surface area contributed by atoms with Crippen molar-refractivity contribution in [1.29, 1.82) is 0 Å². The van der Waals surface area contributed by atoms with E-state index in [1.54, 1.807) is 0 Å². The Morgan fingerprint density at radius 1 is 1.44 bits per heavy atom. The largest absolute Gasteiger partial charge is 0.349 e. The lowest BCUT2D eigenvalue weighted by Crippen LogP contribution is -2.34. The molecule has 18 heavy (non-hydrogen) atoms. The van der Waals surface area contributed by atoms with E-state index in [1.165, 1.54) is 24.3 Å². The van der Waals surface area contributed by atoms with Gasteiger partial charge in [0.15, 0.2) is 0 Å². The summed E-state index contributed by atoms with van der Waals surface area (Å²) in [6.45, 7) is 1.97. The van der Waals surface area contributed by atoms with Crippen molar-refractivity contribution in [3.8, 4) is 0 Å². The second-order valence-corrected chi connectivity index (χ2v) is 4.24. The molecule has 1 aromatic carbocycles. The molecule has 0 aliphatic rings. The average molecular weight is 271 g/mol. The van der Waals surface area contributed by atoms with E-state index in [9.17, 15) is 14.9 Å². The van der Waals surface area contributed by atoms with Crippen molar-refractivity contribution in [2.75, 3.05) is 5.88 Å². The molecule has 0 spiro atoms.